The zero-order valence-electron chi connectivity index (χ0n) is 16.6. The average molecular weight is 477 g/mol. The van der Waals surface area contributed by atoms with Crippen molar-refractivity contribution in [3.8, 4) is 5.69 Å². The van der Waals surface area contributed by atoms with Crippen molar-refractivity contribution in [3.05, 3.63) is 71.0 Å². The molecule has 2 aromatic carbocycles. The Morgan fingerprint density at radius 2 is 1.87 bits per heavy atom. The summed E-state index contributed by atoms with van der Waals surface area (Å²) >= 11 is 7.31. The fourth-order valence-electron chi connectivity index (χ4n) is 3.44. The van der Waals surface area contributed by atoms with Crippen LogP contribution >= 0.6 is 23.4 Å². The Labute approximate surface area is 190 Å². The molecule has 162 valence electrons. The maximum atomic E-state index is 12.4. The number of thioether (sulfide) groups is 1. The first-order valence-electron chi connectivity index (χ1n) is 9.76. The summed E-state index contributed by atoms with van der Waals surface area (Å²) < 4.78 is 25.1. The van der Waals surface area contributed by atoms with Crippen molar-refractivity contribution in [2.45, 2.75) is 24.0 Å². The van der Waals surface area contributed by atoms with E-state index in [2.05, 4.69) is 15.5 Å². The Bertz CT molecular complexity index is 1170. The number of halogens is 1. The SMILES string of the molecule is O=C(CSc1nnc(Cc2ccccc2)n1-c1ccc(Cl)cc1)NC1CCS(=O)(=O)C1. The fraction of sp³-hybridized carbons (Fsp3) is 0.286. The maximum Gasteiger partial charge on any atom is 0.230 e. The molecule has 0 bridgehead atoms. The number of hydrogen-bond donors (Lipinski definition) is 1. The van der Waals surface area contributed by atoms with E-state index in [9.17, 15) is 13.2 Å². The summed E-state index contributed by atoms with van der Waals surface area (Å²) in [7, 11) is -3.04. The molecule has 3 aromatic rings. The van der Waals surface area contributed by atoms with E-state index in [-0.39, 0.29) is 29.2 Å². The summed E-state index contributed by atoms with van der Waals surface area (Å²) in [6.45, 7) is 0. The second-order valence-corrected chi connectivity index (χ2v) is 10.9. The predicted octanol–water partition coefficient (Wildman–Crippen LogP) is 2.91. The zero-order valence-corrected chi connectivity index (χ0v) is 19.0. The summed E-state index contributed by atoms with van der Waals surface area (Å²) in [5, 5.41) is 12.7. The van der Waals surface area contributed by atoms with Crippen LogP contribution in [0.1, 0.15) is 17.8 Å². The van der Waals surface area contributed by atoms with Crippen LogP contribution in [0.15, 0.2) is 59.8 Å². The smallest absolute Gasteiger partial charge is 0.230 e. The van der Waals surface area contributed by atoms with E-state index in [1.54, 1.807) is 12.1 Å². The molecule has 0 spiro atoms. The molecule has 1 N–H and O–H groups in total. The van der Waals surface area contributed by atoms with Crippen LogP contribution in [0.3, 0.4) is 0 Å². The minimum Gasteiger partial charge on any atom is -0.352 e. The Hall–Kier alpha value is -2.36. The predicted molar refractivity (Wildman–Crippen MR) is 122 cm³/mol. The van der Waals surface area contributed by atoms with Gasteiger partial charge in [-0.15, -0.1) is 10.2 Å². The molecule has 1 atom stereocenters. The van der Waals surface area contributed by atoms with Crippen molar-refractivity contribution in [1.29, 1.82) is 0 Å². The van der Waals surface area contributed by atoms with Gasteiger partial charge in [-0.1, -0.05) is 53.7 Å². The quantitative estimate of drug-likeness (QED) is 0.527. The van der Waals surface area contributed by atoms with Crippen LogP contribution in [0.5, 0.6) is 0 Å². The molecule has 0 radical (unpaired) electrons. The molecule has 2 heterocycles. The molecule has 7 nitrogen and oxygen atoms in total. The minimum atomic E-state index is -3.04. The highest BCUT2D eigenvalue weighted by molar-refractivity contribution is 7.99. The number of nitrogens with zero attached hydrogens (tertiary/aromatic N) is 3. The molecule has 10 heteroatoms. The van der Waals surface area contributed by atoms with Crippen molar-refractivity contribution in [3.63, 3.8) is 0 Å². The summed E-state index contributed by atoms with van der Waals surface area (Å²) in [5.41, 5.74) is 1.95. The Morgan fingerprint density at radius 3 is 2.55 bits per heavy atom. The van der Waals surface area contributed by atoms with Gasteiger partial charge in [0.2, 0.25) is 5.91 Å². The zero-order chi connectivity index (χ0) is 21.8. The number of nitrogens with one attached hydrogen (secondary N) is 1. The highest BCUT2D eigenvalue weighted by Gasteiger charge is 2.29. The van der Waals surface area contributed by atoms with Gasteiger partial charge < -0.3 is 5.32 Å². The third-order valence-corrected chi connectivity index (χ3v) is 7.87. The van der Waals surface area contributed by atoms with Gasteiger partial charge >= 0.3 is 0 Å². The van der Waals surface area contributed by atoms with Gasteiger partial charge in [-0.05, 0) is 36.2 Å². The van der Waals surface area contributed by atoms with Crippen LogP contribution in [0.4, 0.5) is 0 Å². The lowest BCUT2D eigenvalue weighted by atomic mass is 10.1. The maximum absolute atomic E-state index is 12.4. The summed E-state index contributed by atoms with van der Waals surface area (Å²) in [6.07, 6.45) is 1.05. The molecule has 1 aromatic heterocycles. The highest BCUT2D eigenvalue weighted by atomic mass is 35.5. The number of hydrogen-bond acceptors (Lipinski definition) is 6. The molecule has 1 saturated heterocycles. The average Bonchev–Trinajstić information content (AvgIpc) is 3.30. The number of benzene rings is 2. The van der Waals surface area contributed by atoms with Crippen LogP contribution in [0, 0.1) is 0 Å². The lowest BCUT2D eigenvalue weighted by molar-refractivity contribution is -0.119. The summed E-state index contributed by atoms with van der Waals surface area (Å²) in [5.74, 6) is 0.776. The molecule has 0 saturated carbocycles. The van der Waals surface area contributed by atoms with Gasteiger partial charge in [-0.25, -0.2) is 8.42 Å². The molecule has 1 aliphatic rings. The minimum absolute atomic E-state index is 0.00554. The Morgan fingerprint density at radius 1 is 1.13 bits per heavy atom. The third kappa shape index (κ3) is 5.66. The second kappa shape index (κ2) is 9.42. The Kier molecular flexibility index (Phi) is 6.64. The largest absolute Gasteiger partial charge is 0.352 e. The topological polar surface area (TPSA) is 93.9 Å². The molecule has 1 fully saturated rings. The van der Waals surface area contributed by atoms with Gasteiger partial charge in [0.05, 0.1) is 17.3 Å². The normalized spacial score (nSPS) is 17.5. The van der Waals surface area contributed by atoms with Gasteiger partial charge in [0.1, 0.15) is 5.82 Å². The first kappa shape index (κ1) is 21.9. The van der Waals surface area contributed by atoms with Crippen molar-refractivity contribution in [2.75, 3.05) is 17.3 Å². The lowest BCUT2D eigenvalue weighted by Crippen LogP contribution is -2.36. The van der Waals surface area contributed by atoms with E-state index in [1.165, 1.54) is 11.8 Å². The standard InChI is InChI=1S/C21H21ClN4O3S2/c22-16-6-8-18(9-7-16)26-19(12-15-4-2-1-3-5-15)24-25-21(26)30-13-20(27)23-17-10-11-31(28,29)14-17/h1-9,17H,10-14H2,(H,23,27). The Balaban J connectivity index is 1.51. The first-order valence-corrected chi connectivity index (χ1v) is 12.9. The van der Waals surface area contributed by atoms with Crippen LogP contribution in [-0.4, -0.2) is 52.4 Å². The number of sulfone groups is 1. The first-order chi connectivity index (χ1) is 14.9. The number of rotatable bonds is 7. The molecule has 0 aliphatic carbocycles. The van der Waals surface area contributed by atoms with E-state index >= 15 is 0 Å². The van der Waals surface area contributed by atoms with Crippen molar-refractivity contribution >= 4 is 39.1 Å². The van der Waals surface area contributed by atoms with Crippen LogP contribution in [0.25, 0.3) is 5.69 Å². The highest BCUT2D eigenvalue weighted by Crippen LogP contribution is 2.25. The number of carbonyl (C=O) groups is 1. The monoisotopic (exact) mass is 476 g/mol. The number of aromatic nitrogens is 3. The number of carbonyl (C=O) groups excluding carboxylic acids is 1. The van der Waals surface area contributed by atoms with Crippen molar-refractivity contribution < 1.29 is 13.2 Å². The van der Waals surface area contributed by atoms with E-state index in [0.717, 1.165) is 17.1 Å². The van der Waals surface area contributed by atoms with Crippen LogP contribution in [0.2, 0.25) is 5.02 Å². The number of amides is 1. The van der Waals surface area contributed by atoms with E-state index in [4.69, 9.17) is 11.6 Å². The van der Waals surface area contributed by atoms with Gasteiger partial charge in [0.15, 0.2) is 15.0 Å². The second-order valence-electron chi connectivity index (χ2n) is 7.33. The van der Waals surface area contributed by atoms with Gasteiger partial charge in [-0.3, -0.25) is 9.36 Å². The molecule has 1 unspecified atom stereocenters. The van der Waals surface area contributed by atoms with E-state index < -0.39 is 9.84 Å². The van der Waals surface area contributed by atoms with Crippen molar-refractivity contribution in [2.24, 2.45) is 0 Å². The molecule has 31 heavy (non-hydrogen) atoms. The molecule has 4 rings (SSSR count). The molecular formula is C21H21ClN4O3S2. The third-order valence-electron chi connectivity index (χ3n) is 4.92. The lowest BCUT2D eigenvalue weighted by Gasteiger charge is -2.12. The van der Waals surface area contributed by atoms with E-state index in [1.807, 2.05) is 47.0 Å². The van der Waals surface area contributed by atoms with Gasteiger partial charge in [0, 0.05) is 23.2 Å². The van der Waals surface area contributed by atoms with E-state index in [0.29, 0.717) is 23.0 Å². The fourth-order valence-corrected chi connectivity index (χ4v) is 6.03. The van der Waals surface area contributed by atoms with Crippen molar-refractivity contribution in [1.82, 2.24) is 20.1 Å². The molecular weight excluding hydrogens is 456 g/mol. The van der Waals surface area contributed by atoms with Gasteiger partial charge in [-0.2, -0.15) is 0 Å². The van der Waals surface area contributed by atoms with Crippen LogP contribution < -0.4 is 5.32 Å². The summed E-state index contributed by atoms with van der Waals surface area (Å²) in [4.78, 5) is 12.4. The molecule has 1 amide bonds. The molecule has 1 aliphatic heterocycles. The summed E-state index contributed by atoms with van der Waals surface area (Å²) in [6, 6.07) is 17.0. The van der Waals surface area contributed by atoms with Gasteiger partial charge in [0.25, 0.3) is 0 Å². The van der Waals surface area contributed by atoms with Crippen LogP contribution in [-0.2, 0) is 21.1 Å².